The lowest BCUT2D eigenvalue weighted by Crippen LogP contribution is -2.37. The Bertz CT molecular complexity index is 561. The molecule has 0 aromatic heterocycles. The molecule has 0 amide bonds. The van der Waals surface area contributed by atoms with Crippen molar-refractivity contribution in [3.63, 3.8) is 0 Å². The summed E-state index contributed by atoms with van der Waals surface area (Å²) >= 11 is 0. The van der Waals surface area contributed by atoms with Crippen LogP contribution in [0.5, 0.6) is 0 Å². The van der Waals surface area contributed by atoms with Gasteiger partial charge in [0.25, 0.3) is 0 Å². The van der Waals surface area contributed by atoms with Crippen LogP contribution in [0, 0.1) is 0 Å². The van der Waals surface area contributed by atoms with Crippen molar-refractivity contribution in [2.75, 3.05) is 52.9 Å². The van der Waals surface area contributed by atoms with Crippen LogP contribution in [0.3, 0.4) is 0 Å². The van der Waals surface area contributed by atoms with Gasteiger partial charge >= 0.3 is 0 Å². The van der Waals surface area contributed by atoms with Crippen molar-refractivity contribution >= 4 is 0 Å². The number of benzene rings is 2. The highest BCUT2D eigenvalue weighted by atomic mass is 16.7. The molecule has 5 heteroatoms. The van der Waals surface area contributed by atoms with Gasteiger partial charge in [0.05, 0.1) is 52.9 Å². The van der Waals surface area contributed by atoms with Crippen molar-refractivity contribution in [2.24, 2.45) is 0 Å². The highest BCUT2D eigenvalue weighted by Crippen LogP contribution is 2.35. The Morgan fingerprint density at radius 2 is 0.808 bits per heavy atom. The third kappa shape index (κ3) is 5.13. The Morgan fingerprint density at radius 1 is 0.462 bits per heavy atom. The first-order valence-corrected chi connectivity index (χ1v) is 9.04. The predicted molar refractivity (Wildman–Crippen MR) is 98.0 cm³/mol. The van der Waals surface area contributed by atoms with E-state index in [0.717, 1.165) is 11.1 Å². The largest absolute Gasteiger partial charge is 0.377 e. The first-order chi connectivity index (χ1) is 12.9. The second-order valence-corrected chi connectivity index (χ2v) is 5.88. The molecule has 1 aliphatic rings. The lowest BCUT2D eigenvalue weighted by molar-refractivity contribution is -0.229. The van der Waals surface area contributed by atoms with Gasteiger partial charge in [-0.25, -0.2) is 0 Å². The summed E-state index contributed by atoms with van der Waals surface area (Å²) in [5, 5.41) is 0. The maximum atomic E-state index is 6.30. The molecule has 0 aliphatic carbocycles. The molecule has 1 fully saturated rings. The molecule has 3 rings (SSSR count). The second kappa shape index (κ2) is 10.4. The highest BCUT2D eigenvalue weighted by Gasteiger charge is 2.36. The zero-order valence-electron chi connectivity index (χ0n) is 15.0. The van der Waals surface area contributed by atoms with E-state index >= 15 is 0 Å². The minimum absolute atomic E-state index is 0.407. The Hall–Kier alpha value is -1.76. The summed E-state index contributed by atoms with van der Waals surface area (Å²) in [5.74, 6) is -0.990. The fraction of sp³-hybridized carbons (Fsp3) is 0.429. The number of ether oxygens (including phenoxy) is 5. The van der Waals surface area contributed by atoms with E-state index in [1.807, 2.05) is 60.7 Å². The normalized spacial score (nSPS) is 20.2. The van der Waals surface area contributed by atoms with Crippen LogP contribution in [0.2, 0.25) is 0 Å². The van der Waals surface area contributed by atoms with E-state index in [4.69, 9.17) is 23.7 Å². The Kier molecular flexibility index (Phi) is 7.61. The zero-order valence-corrected chi connectivity index (χ0v) is 15.0. The first kappa shape index (κ1) is 19.0. The van der Waals surface area contributed by atoms with Gasteiger partial charge in [-0.1, -0.05) is 60.7 Å². The van der Waals surface area contributed by atoms with Gasteiger partial charge in [-0.2, -0.15) is 0 Å². The van der Waals surface area contributed by atoms with Crippen molar-refractivity contribution in [3.8, 4) is 0 Å². The molecule has 0 bridgehead atoms. The fourth-order valence-electron chi connectivity index (χ4n) is 2.89. The molecule has 0 atom stereocenters. The molecule has 2 aromatic rings. The summed E-state index contributed by atoms with van der Waals surface area (Å²) in [6.45, 7) is 3.96. The summed E-state index contributed by atoms with van der Waals surface area (Å²) in [4.78, 5) is 0. The summed E-state index contributed by atoms with van der Waals surface area (Å²) < 4.78 is 29.2. The van der Waals surface area contributed by atoms with Crippen LogP contribution in [-0.2, 0) is 29.5 Å². The molecular formula is C21H26O5. The number of hydrogen-bond acceptors (Lipinski definition) is 5. The topological polar surface area (TPSA) is 46.2 Å². The van der Waals surface area contributed by atoms with Crippen LogP contribution < -0.4 is 0 Å². The standard InChI is InChI=1S/C21H26O5/c1-3-7-19(8-4-1)21(20-9-5-2-6-10-20)25-17-15-23-13-11-22-12-14-24-16-18-26-21/h1-10H,11-18H2. The third-order valence-corrected chi connectivity index (χ3v) is 4.12. The summed E-state index contributed by atoms with van der Waals surface area (Å²) in [7, 11) is 0. The van der Waals surface area contributed by atoms with Gasteiger partial charge in [-0.15, -0.1) is 0 Å². The van der Waals surface area contributed by atoms with E-state index in [2.05, 4.69) is 0 Å². The van der Waals surface area contributed by atoms with E-state index in [9.17, 15) is 0 Å². The molecule has 0 N–H and O–H groups in total. The molecule has 5 nitrogen and oxygen atoms in total. The van der Waals surface area contributed by atoms with Crippen molar-refractivity contribution in [1.82, 2.24) is 0 Å². The fourth-order valence-corrected chi connectivity index (χ4v) is 2.89. The average Bonchev–Trinajstić information content (AvgIpc) is 2.71. The Labute approximate surface area is 154 Å². The first-order valence-electron chi connectivity index (χ1n) is 9.04. The third-order valence-electron chi connectivity index (χ3n) is 4.12. The molecule has 0 saturated carbocycles. The highest BCUT2D eigenvalue weighted by molar-refractivity contribution is 5.33. The van der Waals surface area contributed by atoms with Gasteiger partial charge in [0.1, 0.15) is 0 Å². The van der Waals surface area contributed by atoms with Crippen LogP contribution in [0.1, 0.15) is 11.1 Å². The van der Waals surface area contributed by atoms with Crippen molar-refractivity contribution in [3.05, 3.63) is 71.8 Å². The van der Waals surface area contributed by atoms with Crippen LogP contribution in [-0.4, -0.2) is 52.9 Å². The number of hydrogen-bond donors (Lipinski definition) is 0. The van der Waals surface area contributed by atoms with Gasteiger partial charge in [-0.05, 0) is 0 Å². The summed E-state index contributed by atoms with van der Waals surface area (Å²) in [5.41, 5.74) is 1.89. The van der Waals surface area contributed by atoms with Crippen LogP contribution in [0.4, 0.5) is 0 Å². The SMILES string of the molecule is c1ccc(C2(c3ccccc3)OCCOCCOCCOCCO2)cc1. The monoisotopic (exact) mass is 358 g/mol. The molecule has 1 heterocycles. The van der Waals surface area contributed by atoms with Gasteiger partial charge in [0, 0.05) is 11.1 Å². The second-order valence-electron chi connectivity index (χ2n) is 5.88. The molecule has 2 aromatic carbocycles. The van der Waals surface area contributed by atoms with E-state index in [0.29, 0.717) is 52.9 Å². The molecule has 1 saturated heterocycles. The van der Waals surface area contributed by atoms with Crippen molar-refractivity contribution in [2.45, 2.75) is 5.79 Å². The molecule has 26 heavy (non-hydrogen) atoms. The summed E-state index contributed by atoms with van der Waals surface area (Å²) in [6.07, 6.45) is 0. The minimum Gasteiger partial charge on any atom is -0.377 e. The summed E-state index contributed by atoms with van der Waals surface area (Å²) in [6, 6.07) is 20.0. The van der Waals surface area contributed by atoms with Gasteiger partial charge in [-0.3, -0.25) is 0 Å². The van der Waals surface area contributed by atoms with Gasteiger partial charge in [0.15, 0.2) is 0 Å². The van der Waals surface area contributed by atoms with E-state index in [-0.39, 0.29) is 0 Å². The molecule has 1 aliphatic heterocycles. The molecule has 140 valence electrons. The predicted octanol–water partition coefficient (Wildman–Crippen LogP) is 2.98. The van der Waals surface area contributed by atoms with Gasteiger partial charge in [0.2, 0.25) is 5.79 Å². The lowest BCUT2D eigenvalue weighted by atomic mass is 9.97. The van der Waals surface area contributed by atoms with Crippen molar-refractivity contribution in [1.29, 1.82) is 0 Å². The average molecular weight is 358 g/mol. The van der Waals surface area contributed by atoms with E-state index in [1.165, 1.54) is 0 Å². The van der Waals surface area contributed by atoms with Crippen LogP contribution in [0.15, 0.2) is 60.7 Å². The lowest BCUT2D eigenvalue weighted by Gasteiger charge is -2.35. The Balaban J connectivity index is 1.86. The molecular weight excluding hydrogens is 332 g/mol. The molecule has 0 spiro atoms. The van der Waals surface area contributed by atoms with Gasteiger partial charge < -0.3 is 23.7 Å². The maximum Gasteiger partial charge on any atom is 0.222 e. The van der Waals surface area contributed by atoms with Crippen LogP contribution >= 0.6 is 0 Å². The quantitative estimate of drug-likeness (QED) is 0.826. The van der Waals surface area contributed by atoms with Crippen LogP contribution in [0.25, 0.3) is 0 Å². The maximum absolute atomic E-state index is 6.30. The van der Waals surface area contributed by atoms with E-state index in [1.54, 1.807) is 0 Å². The zero-order chi connectivity index (χ0) is 17.9. The molecule has 0 radical (unpaired) electrons. The smallest absolute Gasteiger partial charge is 0.222 e. The number of rotatable bonds is 2. The minimum atomic E-state index is -0.990. The van der Waals surface area contributed by atoms with Crippen molar-refractivity contribution < 1.29 is 23.7 Å². The molecule has 0 unspecified atom stereocenters. The van der Waals surface area contributed by atoms with E-state index < -0.39 is 5.79 Å². The Morgan fingerprint density at radius 3 is 1.19 bits per heavy atom.